The number of anilines is 1. The lowest BCUT2D eigenvalue weighted by atomic mass is 10.1. The largest absolute Gasteiger partial charge is 0.322 e. The summed E-state index contributed by atoms with van der Waals surface area (Å²) in [6, 6.07) is 8.95. The fourth-order valence-corrected chi connectivity index (χ4v) is 1.80. The number of halogens is 2. The van der Waals surface area contributed by atoms with Crippen molar-refractivity contribution in [1.82, 2.24) is 0 Å². The van der Waals surface area contributed by atoms with Crippen LogP contribution in [-0.2, 0) is 0 Å². The van der Waals surface area contributed by atoms with Crippen molar-refractivity contribution in [2.75, 3.05) is 5.32 Å². The van der Waals surface area contributed by atoms with Crippen LogP contribution in [0.2, 0.25) is 5.02 Å². The van der Waals surface area contributed by atoms with Crippen molar-refractivity contribution in [2.24, 2.45) is 0 Å². The zero-order chi connectivity index (χ0) is 14.7. The maximum absolute atomic E-state index is 13.2. The highest BCUT2D eigenvalue weighted by Gasteiger charge is 2.21. The van der Waals surface area contributed by atoms with E-state index in [1.165, 1.54) is 6.07 Å². The van der Waals surface area contributed by atoms with E-state index in [1.807, 2.05) is 0 Å². The second-order valence-electron chi connectivity index (χ2n) is 3.88. The molecule has 2 aromatic carbocycles. The van der Waals surface area contributed by atoms with Crippen LogP contribution in [0.5, 0.6) is 0 Å². The smallest absolute Gasteiger partial charge is 0.282 e. The van der Waals surface area contributed by atoms with Gasteiger partial charge in [0.15, 0.2) is 0 Å². The maximum atomic E-state index is 13.2. The van der Waals surface area contributed by atoms with Gasteiger partial charge in [-0.15, -0.1) is 0 Å². The SMILES string of the molecule is O=C(Nc1cccc(Cl)c1)c1cc(F)ccc1[N+](=O)[O-]. The van der Waals surface area contributed by atoms with Crippen LogP contribution >= 0.6 is 11.6 Å². The molecule has 0 bridgehead atoms. The number of nitrogens with zero attached hydrogens (tertiary/aromatic N) is 1. The van der Waals surface area contributed by atoms with Crippen molar-refractivity contribution in [1.29, 1.82) is 0 Å². The Balaban J connectivity index is 2.34. The van der Waals surface area contributed by atoms with E-state index in [4.69, 9.17) is 11.6 Å². The molecule has 1 amide bonds. The molecule has 0 aliphatic rings. The third-order valence-electron chi connectivity index (χ3n) is 2.48. The quantitative estimate of drug-likeness (QED) is 0.694. The normalized spacial score (nSPS) is 10.1. The van der Waals surface area contributed by atoms with Gasteiger partial charge in [-0.25, -0.2) is 4.39 Å². The van der Waals surface area contributed by atoms with Crippen LogP contribution in [0.15, 0.2) is 42.5 Å². The summed E-state index contributed by atoms with van der Waals surface area (Å²) in [5.74, 6) is -1.51. The Morgan fingerprint density at radius 2 is 2.00 bits per heavy atom. The molecular formula is C13H8ClFN2O3. The molecule has 5 nitrogen and oxygen atoms in total. The molecule has 0 spiro atoms. The Kier molecular flexibility index (Phi) is 3.95. The van der Waals surface area contributed by atoms with Gasteiger partial charge in [0.25, 0.3) is 11.6 Å². The maximum Gasteiger partial charge on any atom is 0.282 e. The number of amides is 1. The number of nitrogens with one attached hydrogen (secondary N) is 1. The summed E-state index contributed by atoms with van der Waals surface area (Å²) in [5.41, 5.74) is -0.457. The topological polar surface area (TPSA) is 72.2 Å². The number of nitro groups is 1. The van der Waals surface area contributed by atoms with E-state index < -0.39 is 22.3 Å². The zero-order valence-electron chi connectivity index (χ0n) is 9.97. The number of rotatable bonds is 3. The molecule has 20 heavy (non-hydrogen) atoms. The molecule has 0 atom stereocenters. The van der Waals surface area contributed by atoms with Crippen molar-refractivity contribution >= 4 is 28.9 Å². The third-order valence-corrected chi connectivity index (χ3v) is 2.72. The van der Waals surface area contributed by atoms with Crippen LogP contribution in [0.25, 0.3) is 0 Å². The second kappa shape index (κ2) is 5.66. The molecular weight excluding hydrogens is 287 g/mol. The average molecular weight is 295 g/mol. The molecule has 0 fully saturated rings. The summed E-state index contributed by atoms with van der Waals surface area (Å²) in [5, 5.41) is 13.7. The predicted octanol–water partition coefficient (Wildman–Crippen LogP) is 3.64. The van der Waals surface area contributed by atoms with Crippen molar-refractivity contribution in [3.8, 4) is 0 Å². The first-order valence-corrected chi connectivity index (χ1v) is 5.86. The van der Waals surface area contributed by atoms with Crippen molar-refractivity contribution < 1.29 is 14.1 Å². The minimum atomic E-state index is -0.779. The van der Waals surface area contributed by atoms with Gasteiger partial charge < -0.3 is 5.32 Å². The second-order valence-corrected chi connectivity index (χ2v) is 4.32. The van der Waals surface area contributed by atoms with E-state index in [9.17, 15) is 19.3 Å². The van der Waals surface area contributed by atoms with E-state index >= 15 is 0 Å². The van der Waals surface area contributed by atoms with Gasteiger partial charge in [-0.05, 0) is 30.3 Å². The average Bonchev–Trinajstić information content (AvgIpc) is 2.38. The minimum Gasteiger partial charge on any atom is -0.322 e. The van der Waals surface area contributed by atoms with Crippen LogP contribution in [0.4, 0.5) is 15.8 Å². The van der Waals surface area contributed by atoms with Gasteiger partial charge in [-0.2, -0.15) is 0 Å². The molecule has 0 aromatic heterocycles. The molecule has 0 aliphatic carbocycles. The Bertz CT molecular complexity index is 691. The molecule has 1 N–H and O–H groups in total. The Morgan fingerprint density at radius 3 is 2.65 bits per heavy atom. The first-order valence-electron chi connectivity index (χ1n) is 5.48. The highest BCUT2D eigenvalue weighted by molar-refractivity contribution is 6.31. The lowest BCUT2D eigenvalue weighted by Gasteiger charge is -2.06. The summed E-state index contributed by atoms with van der Waals surface area (Å²) in [7, 11) is 0. The van der Waals surface area contributed by atoms with E-state index in [-0.39, 0.29) is 5.56 Å². The minimum absolute atomic E-state index is 0.352. The molecule has 2 aromatic rings. The van der Waals surface area contributed by atoms with Gasteiger partial charge in [-0.3, -0.25) is 14.9 Å². The van der Waals surface area contributed by atoms with Gasteiger partial charge in [0.1, 0.15) is 11.4 Å². The first kappa shape index (κ1) is 14.0. The van der Waals surface area contributed by atoms with Crippen molar-refractivity contribution in [3.05, 3.63) is 69.0 Å². The first-order chi connectivity index (χ1) is 9.47. The summed E-state index contributed by atoms with van der Waals surface area (Å²) in [4.78, 5) is 22.1. The molecule has 0 heterocycles. The summed E-state index contributed by atoms with van der Waals surface area (Å²) in [6.07, 6.45) is 0. The van der Waals surface area contributed by atoms with Crippen LogP contribution in [0.3, 0.4) is 0 Å². The molecule has 0 unspecified atom stereocenters. The van der Waals surface area contributed by atoms with E-state index in [0.717, 1.165) is 18.2 Å². The van der Waals surface area contributed by atoms with Crippen molar-refractivity contribution in [3.63, 3.8) is 0 Å². The van der Waals surface area contributed by atoms with E-state index in [0.29, 0.717) is 10.7 Å². The highest BCUT2D eigenvalue weighted by Crippen LogP contribution is 2.22. The molecule has 2 rings (SSSR count). The Morgan fingerprint density at radius 1 is 1.25 bits per heavy atom. The Labute approximate surface area is 118 Å². The highest BCUT2D eigenvalue weighted by atomic mass is 35.5. The lowest BCUT2D eigenvalue weighted by Crippen LogP contribution is -2.14. The van der Waals surface area contributed by atoms with Crippen LogP contribution in [0.1, 0.15) is 10.4 Å². The number of hydrogen-bond donors (Lipinski definition) is 1. The molecule has 0 saturated heterocycles. The van der Waals surface area contributed by atoms with E-state index in [1.54, 1.807) is 18.2 Å². The summed E-state index contributed by atoms with van der Waals surface area (Å²) >= 11 is 5.76. The molecule has 0 saturated carbocycles. The summed E-state index contributed by atoms with van der Waals surface area (Å²) in [6.45, 7) is 0. The van der Waals surface area contributed by atoms with Gasteiger partial charge in [0.2, 0.25) is 0 Å². The molecule has 7 heteroatoms. The van der Waals surface area contributed by atoms with Gasteiger partial charge in [-0.1, -0.05) is 17.7 Å². The van der Waals surface area contributed by atoms with Gasteiger partial charge in [0, 0.05) is 16.8 Å². The standard InChI is InChI=1S/C13H8ClFN2O3/c14-8-2-1-3-10(6-8)16-13(18)11-7-9(15)4-5-12(11)17(19)20/h1-7H,(H,16,18). The van der Waals surface area contributed by atoms with Crippen LogP contribution < -0.4 is 5.32 Å². The van der Waals surface area contributed by atoms with Gasteiger partial charge >= 0.3 is 0 Å². The Hall–Kier alpha value is -2.47. The number of carbonyl (C=O) groups is 1. The fraction of sp³-hybridized carbons (Fsp3) is 0. The number of hydrogen-bond acceptors (Lipinski definition) is 3. The summed E-state index contributed by atoms with van der Waals surface area (Å²) < 4.78 is 13.2. The number of benzene rings is 2. The van der Waals surface area contributed by atoms with Crippen molar-refractivity contribution in [2.45, 2.75) is 0 Å². The lowest BCUT2D eigenvalue weighted by molar-refractivity contribution is -0.385. The molecule has 0 radical (unpaired) electrons. The predicted molar refractivity (Wildman–Crippen MR) is 72.5 cm³/mol. The third kappa shape index (κ3) is 3.10. The van der Waals surface area contributed by atoms with E-state index in [2.05, 4.69) is 5.32 Å². The van der Waals surface area contributed by atoms with Crippen LogP contribution in [0, 0.1) is 15.9 Å². The van der Waals surface area contributed by atoms with Gasteiger partial charge in [0.05, 0.1) is 4.92 Å². The number of carbonyl (C=O) groups excluding carboxylic acids is 1. The fourth-order valence-electron chi connectivity index (χ4n) is 1.61. The molecule has 102 valence electrons. The van der Waals surface area contributed by atoms with Crippen LogP contribution in [-0.4, -0.2) is 10.8 Å². The number of nitro benzene ring substituents is 1. The molecule has 0 aliphatic heterocycles. The monoisotopic (exact) mass is 294 g/mol. The zero-order valence-corrected chi connectivity index (χ0v) is 10.7.